The normalized spacial score (nSPS) is 8.40. The summed E-state index contributed by atoms with van der Waals surface area (Å²) in [5, 5.41) is 0. The molecule has 0 fully saturated rings. The number of hydrogen-bond acceptors (Lipinski definition) is 0. The summed E-state index contributed by atoms with van der Waals surface area (Å²) < 4.78 is 0. The quantitative estimate of drug-likeness (QED) is 0.426. The van der Waals surface area contributed by atoms with Gasteiger partial charge < -0.3 is 0 Å². The van der Waals surface area contributed by atoms with Gasteiger partial charge in [0.2, 0.25) is 0 Å². The van der Waals surface area contributed by atoms with Crippen LogP contribution in [0.25, 0.3) is 0 Å². The fourth-order valence-electron chi connectivity index (χ4n) is 0.500. The second-order valence-corrected chi connectivity index (χ2v) is 1.91. The highest BCUT2D eigenvalue weighted by Gasteiger charge is 1.61. The van der Waals surface area contributed by atoms with Crippen molar-refractivity contribution in [3.63, 3.8) is 0 Å². The van der Waals surface area contributed by atoms with Gasteiger partial charge in [0.05, 0.1) is 0 Å². The molecule has 0 nitrogen and oxygen atoms in total. The van der Waals surface area contributed by atoms with Crippen LogP contribution in [0.15, 0.2) is 0 Å². The van der Waals surface area contributed by atoms with Gasteiger partial charge in [0.15, 0.2) is 0 Å². The average Bonchev–Trinajstić information content (AvgIpc) is 1.41. The van der Waals surface area contributed by atoms with Crippen LogP contribution < -0.4 is 0 Å². The number of hydrogen-bond donors (Lipinski definition) is 0. The molecule has 0 N–H and O–H groups in total. The molecular weight excluding hydrogens is 58.9 g/mol. The molecule has 0 unspecified atom stereocenters. The van der Waals surface area contributed by atoms with Crippen LogP contribution in [-0.4, -0.2) is 7.28 Å². The fraction of sp³-hybridized carbons (Fsp3) is 1.00. The van der Waals surface area contributed by atoms with Gasteiger partial charge in [-0.05, 0) is 7.28 Å². The summed E-state index contributed by atoms with van der Waals surface area (Å²) in [5.74, 6) is 0. The maximum Gasteiger partial charge on any atom is -0.0332 e. The van der Waals surface area contributed by atoms with Gasteiger partial charge in [0.25, 0.3) is 0 Å². The Kier molecular flexibility index (Phi) is 4.12. The van der Waals surface area contributed by atoms with Crippen LogP contribution in [-0.2, 0) is 0 Å². The minimum Gasteiger partial charge on any atom is -0.187 e. The van der Waals surface area contributed by atoms with Crippen LogP contribution in [0.2, 0.25) is 12.6 Å². The average molecular weight is 71.0 g/mol. The predicted octanol–water partition coefficient (Wildman–Crippen LogP) is 1.03. The molecule has 1 heteroatoms. The molecule has 0 aliphatic heterocycles. The van der Waals surface area contributed by atoms with Crippen LogP contribution in [0.5, 0.6) is 0 Å². The van der Waals surface area contributed by atoms with Crippen LogP contribution in [0.3, 0.4) is 0 Å². The molecule has 0 atom stereocenters. The highest BCUT2D eigenvalue weighted by atomic mass is 13.5. The molecular formula is C4H12B-. The molecule has 5 heavy (non-hydrogen) atoms. The Morgan fingerprint density at radius 1 is 1.20 bits per heavy atom. The fourth-order valence-corrected chi connectivity index (χ4v) is 0.500. The van der Waals surface area contributed by atoms with Gasteiger partial charge in [0, 0.05) is 0 Å². The standard InChI is InChI=1S/C4H12B/c1-3-5-4-2/h3-5H2,1-2H3/q-1. The maximum absolute atomic E-state index is 2.27. The third kappa shape index (κ3) is 4.06. The highest BCUT2D eigenvalue weighted by molar-refractivity contribution is 6.34. The zero-order valence-corrected chi connectivity index (χ0v) is 4.41. The van der Waals surface area contributed by atoms with Gasteiger partial charge >= 0.3 is 0 Å². The summed E-state index contributed by atoms with van der Waals surface area (Å²) in [5.41, 5.74) is 0. The maximum atomic E-state index is 2.27. The molecule has 0 aliphatic rings. The summed E-state index contributed by atoms with van der Waals surface area (Å²) in [4.78, 5) is 0. The van der Waals surface area contributed by atoms with Crippen LogP contribution in [0.4, 0.5) is 0 Å². The second kappa shape index (κ2) is 4.06. The third-order valence-electron chi connectivity index (χ3n) is 1.000. The Morgan fingerprint density at radius 3 is 1.60 bits per heavy atom. The monoisotopic (exact) mass is 71.1 g/mol. The van der Waals surface area contributed by atoms with Crippen molar-refractivity contribution in [2.24, 2.45) is 0 Å². The van der Waals surface area contributed by atoms with Crippen molar-refractivity contribution in [3.8, 4) is 0 Å². The molecule has 0 heterocycles. The second-order valence-electron chi connectivity index (χ2n) is 1.91. The van der Waals surface area contributed by atoms with E-state index in [4.69, 9.17) is 0 Å². The highest BCUT2D eigenvalue weighted by Crippen LogP contribution is 1.77. The Bertz CT molecular complexity index is 11.1. The summed E-state index contributed by atoms with van der Waals surface area (Å²) in [6.45, 7) is 4.53. The molecule has 0 radical (unpaired) electrons. The van der Waals surface area contributed by atoms with Crippen molar-refractivity contribution < 1.29 is 0 Å². The van der Waals surface area contributed by atoms with Crippen molar-refractivity contribution in [2.45, 2.75) is 26.5 Å². The van der Waals surface area contributed by atoms with E-state index in [1.54, 1.807) is 0 Å². The molecule has 0 spiro atoms. The summed E-state index contributed by atoms with van der Waals surface area (Å²) in [6, 6.07) is 0. The first kappa shape index (κ1) is 5.06. The first-order valence-electron chi connectivity index (χ1n) is 2.83. The van der Waals surface area contributed by atoms with E-state index in [2.05, 4.69) is 13.8 Å². The smallest absolute Gasteiger partial charge is 0.0332 e. The SMILES string of the molecule is CC[BH2-]CC. The van der Waals surface area contributed by atoms with Crippen molar-refractivity contribution in [1.82, 2.24) is 0 Å². The van der Waals surface area contributed by atoms with E-state index >= 15 is 0 Å². The molecule has 0 saturated carbocycles. The van der Waals surface area contributed by atoms with Gasteiger partial charge in [-0.25, -0.2) is 0 Å². The third-order valence-corrected chi connectivity index (χ3v) is 1.000. The summed E-state index contributed by atoms with van der Waals surface area (Å²) in [6.07, 6.45) is 2.94. The summed E-state index contributed by atoms with van der Waals surface area (Å²) in [7, 11) is 0.528. The van der Waals surface area contributed by atoms with Gasteiger partial charge in [-0.2, -0.15) is 12.6 Å². The molecule has 32 valence electrons. The van der Waals surface area contributed by atoms with Crippen molar-refractivity contribution in [3.05, 3.63) is 0 Å². The van der Waals surface area contributed by atoms with Gasteiger partial charge in [-0.3, -0.25) is 0 Å². The van der Waals surface area contributed by atoms with Crippen molar-refractivity contribution in [1.29, 1.82) is 0 Å². The molecule has 0 bridgehead atoms. The van der Waals surface area contributed by atoms with E-state index < -0.39 is 0 Å². The first-order chi connectivity index (χ1) is 2.41. The van der Waals surface area contributed by atoms with E-state index in [1.807, 2.05) is 0 Å². The van der Waals surface area contributed by atoms with Crippen LogP contribution in [0.1, 0.15) is 13.8 Å². The van der Waals surface area contributed by atoms with E-state index in [0.29, 0.717) is 7.28 Å². The topological polar surface area (TPSA) is 0 Å². The minimum absolute atomic E-state index is 0.528. The van der Waals surface area contributed by atoms with Crippen molar-refractivity contribution in [2.75, 3.05) is 0 Å². The predicted molar refractivity (Wildman–Crippen MR) is 29.5 cm³/mol. The zero-order valence-electron chi connectivity index (χ0n) is 4.41. The van der Waals surface area contributed by atoms with Crippen molar-refractivity contribution >= 4 is 7.28 Å². The minimum atomic E-state index is 0.528. The summed E-state index contributed by atoms with van der Waals surface area (Å²) >= 11 is 0. The molecule has 0 aromatic carbocycles. The van der Waals surface area contributed by atoms with E-state index in [-0.39, 0.29) is 0 Å². The molecule has 0 aromatic heterocycles. The Hall–Kier alpha value is 0.0649. The van der Waals surface area contributed by atoms with Gasteiger partial charge in [0.1, 0.15) is 0 Å². The molecule has 0 rings (SSSR count). The largest absolute Gasteiger partial charge is 0.187 e. The van der Waals surface area contributed by atoms with E-state index in [9.17, 15) is 0 Å². The Labute approximate surface area is 34.8 Å². The van der Waals surface area contributed by atoms with Crippen LogP contribution in [0, 0.1) is 0 Å². The van der Waals surface area contributed by atoms with E-state index in [1.165, 1.54) is 12.6 Å². The lowest BCUT2D eigenvalue weighted by atomic mass is 9.73. The number of rotatable bonds is 2. The Morgan fingerprint density at radius 2 is 1.60 bits per heavy atom. The first-order valence-corrected chi connectivity index (χ1v) is 2.83. The lowest BCUT2D eigenvalue weighted by Gasteiger charge is -1.85. The lowest BCUT2D eigenvalue weighted by molar-refractivity contribution is 1.36. The molecule has 0 aromatic rings. The molecule has 0 aliphatic carbocycles. The van der Waals surface area contributed by atoms with Gasteiger partial charge in [-0.15, -0.1) is 0 Å². The van der Waals surface area contributed by atoms with E-state index in [0.717, 1.165) is 0 Å². The zero-order chi connectivity index (χ0) is 4.12. The molecule has 0 saturated heterocycles. The Balaban J connectivity index is 2.19. The van der Waals surface area contributed by atoms with Gasteiger partial charge in [-0.1, -0.05) is 13.8 Å². The molecule has 0 amide bonds. The lowest BCUT2D eigenvalue weighted by Crippen LogP contribution is -1.76. The van der Waals surface area contributed by atoms with Crippen LogP contribution >= 0.6 is 0 Å².